The lowest BCUT2D eigenvalue weighted by Gasteiger charge is -2.11. The molecule has 128 valence electrons. The van der Waals surface area contributed by atoms with Gasteiger partial charge in [-0.05, 0) is 35.2 Å². The molecule has 7 heteroatoms. The lowest BCUT2D eigenvalue weighted by molar-refractivity contribution is -0.274. The molecule has 1 atom stereocenters. The second kappa shape index (κ2) is 7.35. The molecule has 0 bridgehead atoms. The molecular weight excluding hydrogens is 323 g/mol. The van der Waals surface area contributed by atoms with E-state index >= 15 is 0 Å². The van der Waals surface area contributed by atoms with Gasteiger partial charge in [-0.1, -0.05) is 36.4 Å². The summed E-state index contributed by atoms with van der Waals surface area (Å²) >= 11 is 0. The van der Waals surface area contributed by atoms with Gasteiger partial charge < -0.3 is 15.2 Å². The summed E-state index contributed by atoms with van der Waals surface area (Å²) in [6.45, 7) is 0. The van der Waals surface area contributed by atoms with Crippen molar-refractivity contribution in [2.45, 2.75) is 18.8 Å². The Bertz CT molecular complexity index is 682. The number of carbonyl (C=O) groups excluding carboxylic acids is 1. The van der Waals surface area contributed by atoms with Crippen molar-refractivity contribution in [3.05, 3.63) is 54.1 Å². The van der Waals surface area contributed by atoms with E-state index in [2.05, 4.69) is 9.47 Å². The van der Waals surface area contributed by atoms with Gasteiger partial charge in [0.25, 0.3) is 0 Å². The minimum absolute atomic E-state index is 0.271. The van der Waals surface area contributed by atoms with E-state index in [0.29, 0.717) is 6.42 Å². The normalized spacial score (nSPS) is 12.5. The summed E-state index contributed by atoms with van der Waals surface area (Å²) in [6.07, 6.45) is -4.37. The van der Waals surface area contributed by atoms with E-state index in [1.807, 2.05) is 0 Å². The molecule has 0 aromatic heterocycles. The topological polar surface area (TPSA) is 61.5 Å². The van der Waals surface area contributed by atoms with Crippen LogP contribution >= 0.6 is 0 Å². The molecule has 4 nitrogen and oxygen atoms in total. The fraction of sp³-hybridized carbons (Fsp3) is 0.235. The number of halogens is 3. The standard InChI is InChI=1S/C17H16F3NO3/c1-23-16(22)15(21)10-11-2-4-12(5-3-11)13-6-8-14(9-7-13)24-17(18,19)20/h2-9,15H,10,21H2,1H3/t15-/m0/s1. The lowest BCUT2D eigenvalue weighted by atomic mass is 10.0. The third-order valence-electron chi connectivity index (χ3n) is 3.33. The second-order valence-electron chi connectivity index (χ2n) is 5.10. The summed E-state index contributed by atoms with van der Waals surface area (Å²) in [4.78, 5) is 11.3. The summed E-state index contributed by atoms with van der Waals surface area (Å²) < 4.78 is 44.8. The van der Waals surface area contributed by atoms with Crippen LogP contribution in [0.4, 0.5) is 13.2 Å². The molecule has 0 saturated heterocycles. The Labute approximate surface area is 137 Å². The summed E-state index contributed by atoms with van der Waals surface area (Å²) in [5.41, 5.74) is 8.12. The number of hydrogen-bond donors (Lipinski definition) is 1. The Kier molecular flexibility index (Phi) is 5.46. The first-order valence-corrected chi connectivity index (χ1v) is 7.07. The minimum Gasteiger partial charge on any atom is -0.468 e. The molecule has 2 N–H and O–H groups in total. The van der Waals surface area contributed by atoms with Crippen LogP contribution in [-0.2, 0) is 16.0 Å². The maximum atomic E-state index is 12.1. The quantitative estimate of drug-likeness (QED) is 0.849. The molecule has 0 aliphatic carbocycles. The van der Waals surface area contributed by atoms with Gasteiger partial charge in [0, 0.05) is 0 Å². The van der Waals surface area contributed by atoms with Crippen LogP contribution < -0.4 is 10.5 Å². The monoisotopic (exact) mass is 339 g/mol. The molecule has 0 fully saturated rings. The smallest absolute Gasteiger partial charge is 0.468 e. The molecule has 0 amide bonds. The fourth-order valence-electron chi connectivity index (χ4n) is 2.17. The van der Waals surface area contributed by atoms with Crippen LogP contribution in [0.15, 0.2) is 48.5 Å². The average molecular weight is 339 g/mol. The van der Waals surface area contributed by atoms with Crippen LogP contribution in [0.1, 0.15) is 5.56 Å². The van der Waals surface area contributed by atoms with Crippen molar-refractivity contribution in [2.75, 3.05) is 7.11 Å². The van der Waals surface area contributed by atoms with Gasteiger partial charge in [0.15, 0.2) is 0 Å². The number of hydrogen-bond acceptors (Lipinski definition) is 4. The molecule has 0 heterocycles. The van der Waals surface area contributed by atoms with Crippen molar-refractivity contribution in [2.24, 2.45) is 5.73 Å². The van der Waals surface area contributed by atoms with Gasteiger partial charge in [0.2, 0.25) is 0 Å². The SMILES string of the molecule is COC(=O)[C@@H](N)Cc1ccc(-c2ccc(OC(F)(F)F)cc2)cc1. The predicted octanol–water partition coefficient (Wildman–Crippen LogP) is 3.30. The summed E-state index contributed by atoms with van der Waals surface area (Å²) in [5.74, 6) is -0.758. The first-order chi connectivity index (χ1) is 11.3. The van der Waals surface area contributed by atoms with Crippen molar-refractivity contribution in [1.82, 2.24) is 0 Å². The van der Waals surface area contributed by atoms with E-state index in [1.54, 1.807) is 24.3 Å². The average Bonchev–Trinajstić information content (AvgIpc) is 2.54. The molecule has 0 unspecified atom stereocenters. The maximum absolute atomic E-state index is 12.1. The Morgan fingerprint density at radius 3 is 2.00 bits per heavy atom. The van der Waals surface area contributed by atoms with Crippen molar-refractivity contribution in [3.8, 4) is 16.9 Å². The number of carbonyl (C=O) groups is 1. The van der Waals surface area contributed by atoms with Crippen molar-refractivity contribution >= 4 is 5.97 Å². The van der Waals surface area contributed by atoms with Crippen LogP contribution in [0.5, 0.6) is 5.75 Å². The van der Waals surface area contributed by atoms with Crippen molar-refractivity contribution < 1.29 is 27.4 Å². The first kappa shape index (κ1) is 17.8. The zero-order chi connectivity index (χ0) is 17.7. The molecule has 2 aromatic rings. The van der Waals surface area contributed by atoms with Crippen LogP contribution in [0.2, 0.25) is 0 Å². The molecule has 0 aliphatic rings. The van der Waals surface area contributed by atoms with Crippen LogP contribution in [0, 0.1) is 0 Å². The van der Waals surface area contributed by atoms with E-state index in [9.17, 15) is 18.0 Å². The number of methoxy groups -OCH3 is 1. The minimum atomic E-state index is -4.71. The number of alkyl halides is 3. The van der Waals surface area contributed by atoms with Gasteiger partial charge in [-0.25, -0.2) is 0 Å². The first-order valence-electron chi connectivity index (χ1n) is 7.07. The zero-order valence-corrected chi connectivity index (χ0v) is 12.8. The Morgan fingerprint density at radius 2 is 1.54 bits per heavy atom. The highest BCUT2D eigenvalue weighted by Gasteiger charge is 2.30. The van der Waals surface area contributed by atoms with Gasteiger partial charge in [0.1, 0.15) is 11.8 Å². The highest BCUT2D eigenvalue weighted by molar-refractivity contribution is 5.75. The van der Waals surface area contributed by atoms with E-state index in [0.717, 1.165) is 16.7 Å². The summed E-state index contributed by atoms with van der Waals surface area (Å²) in [5, 5.41) is 0. The molecule has 2 aromatic carbocycles. The van der Waals surface area contributed by atoms with E-state index in [1.165, 1.54) is 31.4 Å². The third kappa shape index (κ3) is 4.99. The highest BCUT2D eigenvalue weighted by atomic mass is 19.4. The number of nitrogens with two attached hydrogens (primary N) is 1. The van der Waals surface area contributed by atoms with Gasteiger partial charge in [0.05, 0.1) is 7.11 Å². The molecule has 0 saturated carbocycles. The van der Waals surface area contributed by atoms with Crippen LogP contribution in [-0.4, -0.2) is 25.5 Å². The zero-order valence-electron chi connectivity index (χ0n) is 12.8. The highest BCUT2D eigenvalue weighted by Crippen LogP contribution is 2.26. The largest absolute Gasteiger partial charge is 0.573 e. The molecule has 24 heavy (non-hydrogen) atoms. The molecular formula is C17H16F3NO3. The van der Waals surface area contributed by atoms with E-state index in [-0.39, 0.29) is 5.75 Å². The van der Waals surface area contributed by atoms with Gasteiger partial charge in [-0.2, -0.15) is 0 Å². The van der Waals surface area contributed by atoms with Crippen LogP contribution in [0.25, 0.3) is 11.1 Å². The van der Waals surface area contributed by atoms with Gasteiger partial charge in [-0.3, -0.25) is 4.79 Å². The number of ether oxygens (including phenoxy) is 2. The predicted molar refractivity (Wildman–Crippen MR) is 82.3 cm³/mol. The number of benzene rings is 2. The van der Waals surface area contributed by atoms with Gasteiger partial charge >= 0.3 is 12.3 Å². The lowest BCUT2D eigenvalue weighted by Crippen LogP contribution is -2.33. The second-order valence-corrected chi connectivity index (χ2v) is 5.10. The summed E-state index contributed by atoms with van der Waals surface area (Å²) in [6, 6.07) is 12.1. The van der Waals surface area contributed by atoms with Gasteiger partial charge in [-0.15, -0.1) is 13.2 Å². The van der Waals surface area contributed by atoms with Crippen molar-refractivity contribution in [1.29, 1.82) is 0 Å². The van der Waals surface area contributed by atoms with Crippen molar-refractivity contribution in [3.63, 3.8) is 0 Å². The summed E-state index contributed by atoms with van der Waals surface area (Å²) in [7, 11) is 1.28. The Balaban J connectivity index is 2.06. The molecule has 0 aliphatic heterocycles. The number of esters is 1. The van der Waals surface area contributed by atoms with E-state index < -0.39 is 18.4 Å². The fourth-order valence-corrected chi connectivity index (χ4v) is 2.17. The Morgan fingerprint density at radius 1 is 1.04 bits per heavy atom. The van der Waals surface area contributed by atoms with E-state index in [4.69, 9.17) is 5.73 Å². The Hall–Kier alpha value is -2.54. The maximum Gasteiger partial charge on any atom is 0.573 e. The molecule has 2 rings (SSSR count). The molecule has 0 radical (unpaired) electrons. The third-order valence-corrected chi connectivity index (χ3v) is 3.33. The van der Waals surface area contributed by atoms with Crippen LogP contribution in [0.3, 0.4) is 0 Å². The molecule has 0 spiro atoms. The number of rotatable bonds is 5.